The summed E-state index contributed by atoms with van der Waals surface area (Å²) in [7, 11) is 0. The van der Waals surface area contributed by atoms with Crippen LogP contribution in [-0.2, 0) is 9.59 Å². The number of carbonyl (C=O) groups is 2. The number of ketones is 1. The summed E-state index contributed by atoms with van der Waals surface area (Å²) in [4.78, 5) is 27.8. The molecule has 7 heteroatoms. The number of ether oxygens (including phenoxy) is 2. The molecule has 0 unspecified atom stereocenters. The van der Waals surface area contributed by atoms with Crippen LogP contribution in [0.25, 0.3) is 0 Å². The molecule has 29 heavy (non-hydrogen) atoms. The summed E-state index contributed by atoms with van der Waals surface area (Å²) in [5.74, 6) is 1.00. The van der Waals surface area contributed by atoms with Crippen molar-refractivity contribution < 1.29 is 19.1 Å². The number of fused-ring (bicyclic) bond motifs is 1. The zero-order chi connectivity index (χ0) is 20.1. The third-order valence-electron chi connectivity index (χ3n) is 5.62. The maximum atomic E-state index is 13.2. The van der Waals surface area contributed by atoms with E-state index in [0.717, 1.165) is 11.3 Å². The van der Waals surface area contributed by atoms with Gasteiger partial charge >= 0.3 is 0 Å². The summed E-state index contributed by atoms with van der Waals surface area (Å²) in [6.45, 7) is 0.179. The number of hydrogen-bond donors (Lipinski definition) is 0. The smallest absolute Gasteiger partial charge is 0.232 e. The van der Waals surface area contributed by atoms with Crippen LogP contribution in [0, 0.1) is 0 Å². The molecule has 5 rings (SSSR count). The van der Waals surface area contributed by atoms with Gasteiger partial charge in [-0.05, 0) is 48.7 Å². The summed E-state index contributed by atoms with van der Waals surface area (Å²) >= 11 is 12.4. The number of benzene rings is 2. The highest BCUT2D eigenvalue weighted by molar-refractivity contribution is 6.37. The summed E-state index contributed by atoms with van der Waals surface area (Å²) < 4.78 is 10.9. The van der Waals surface area contributed by atoms with Crippen molar-refractivity contribution in [1.29, 1.82) is 0 Å². The zero-order valence-corrected chi connectivity index (χ0v) is 16.9. The van der Waals surface area contributed by atoms with Gasteiger partial charge in [-0.2, -0.15) is 0 Å². The van der Waals surface area contributed by atoms with E-state index in [0.29, 0.717) is 52.1 Å². The molecule has 0 N–H and O–H groups in total. The van der Waals surface area contributed by atoms with Gasteiger partial charge in [-0.1, -0.05) is 29.3 Å². The Labute approximate surface area is 177 Å². The minimum absolute atomic E-state index is 0.0801. The average Bonchev–Trinajstić information content (AvgIpc) is 3.16. The minimum Gasteiger partial charge on any atom is -0.454 e. The van der Waals surface area contributed by atoms with Crippen LogP contribution in [0.3, 0.4) is 0 Å². The van der Waals surface area contributed by atoms with Crippen molar-refractivity contribution in [3.05, 3.63) is 63.3 Å². The molecule has 3 aliphatic rings. The van der Waals surface area contributed by atoms with Crippen molar-refractivity contribution in [3.63, 3.8) is 0 Å². The second-order valence-electron chi connectivity index (χ2n) is 7.33. The van der Waals surface area contributed by atoms with E-state index in [-0.39, 0.29) is 30.8 Å². The lowest BCUT2D eigenvalue weighted by Gasteiger charge is -2.38. The van der Waals surface area contributed by atoms with E-state index in [1.54, 1.807) is 23.1 Å². The Bertz CT molecular complexity index is 1080. The van der Waals surface area contributed by atoms with Crippen molar-refractivity contribution >= 4 is 40.6 Å². The number of halogens is 2. The number of Topliss-reactive ketones (excluding diaryl/α,β-unsaturated/α-hetero) is 1. The molecule has 1 amide bonds. The Hall–Kier alpha value is -2.50. The van der Waals surface area contributed by atoms with Crippen LogP contribution in [0.4, 0.5) is 5.69 Å². The molecule has 0 fully saturated rings. The fourth-order valence-corrected chi connectivity index (χ4v) is 4.84. The van der Waals surface area contributed by atoms with Crippen LogP contribution in [0.2, 0.25) is 10.0 Å². The molecule has 2 aromatic carbocycles. The lowest BCUT2D eigenvalue weighted by molar-refractivity contribution is -0.119. The summed E-state index contributed by atoms with van der Waals surface area (Å²) in [5.41, 5.74) is 2.88. The van der Waals surface area contributed by atoms with E-state index >= 15 is 0 Å². The van der Waals surface area contributed by atoms with Gasteiger partial charge in [0.1, 0.15) is 0 Å². The number of rotatable bonds is 2. The normalized spacial score (nSPS) is 20.9. The van der Waals surface area contributed by atoms with Gasteiger partial charge in [0.05, 0.1) is 10.7 Å². The third-order valence-corrected chi connectivity index (χ3v) is 6.16. The fourth-order valence-electron chi connectivity index (χ4n) is 4.35. The van der Waals surface area contributed by atoms with Crippen LogP contribution >= 0.6 is 23.2 Å². The first-order valence-electron chi connectivity index (χ1n) is 9.46. The van der Waals surface area contributed by atoms with E-state index in [2.05, 4.69) is 0 Å². The molecule has 0 saturated heterocycles. The maximum Gasteiger partial charge on any atom is 0.232 e. The molecule has 1 atom stereocenters. The Morgan fingerprint density at radius 1 is 0.966 bits per heavy atom. The third kappa shape index (κ3) is 3.09. The Balaban J connectivity index is 1.64. The first-order valence-corrected chi connectivity index (χ1v) is 10.2. The van der Waals surface area contributed by atoms with Crippen LogP contribution < -0.4 is 14.4 Å². The molecule has 1 aliphatic carbocycles. The quantitative estimate of drug-likeness (QED) is 0.653. The van der Waals surface area contributed by atoms with Crippen molar-refractivity contribution in [2.75, 3.05) is 11.7 Å². The fraction of sp³-hybridized carbons (Fsp3) is 0.273. The van der Waals surface area contributed by atoms with Gasteiger partial charge in [-0.15, -0.1) is 0 Å². The van der Waals surface area contributed by atoms with E-state index < -0.39 is 0 Å². The summed E-state index contributed by atoms with van der Waals surface area (Å²) in [6, 6.07) is 10.7. The van der Waals surface area contributed by atoms with E-state index in [4.69, 9.17) is 32.7 Å². The lowest BCUT2D eigenvalue weighted by atomic mass is 9.77. The maximum absolute atomic E-state index is 13.2. The molecule has 148 valence electrons. The lowest BCUT2D eigenvalue weighted by Crippen LogP contribution is -2.40. The molecule has 0 aromatic heterocycles. The molecule has 0 saturated carbocycles. The van der Waals surface area contributed by atoms with Gasteiger partial charge in [0.15, 0.2) is 17.3 Å². The van der Waals surface area contributed by atoms with Crippen LogP contribution in [0.15, 0.2) is 47.7 Å². The van der Waals surface area contributed by atoms with Crippen molar-refractivity contribution in [2.24, 2.45) is 0 Å². The molecule has 2 heterocycles. The Morgan fingerprint density at radius 3 is 2.62 bits per heavy atom. The van der Waals surface area contributed by atoms with Gasteiger partial charge in [-0.25, -0.2) is 0 Å². The molecular weight excluding hydrogens is 413 g/mol. The highest BCUT2D eigenvalue weighted by Crippen LogP contribution is 2.46. The van der Waals surface area contributed by atoms with E-state index in [9.17, 15) is 9.59 Å². The first kappa shape index (κ1) is 18.5. The monoisotopic (exact) mass is 429 g/mol. The Morgan fingerprint density at radius 2 is 1.79 bits per heavy atom. The van der Waals surface area contributed by atoms with Crippen molar-refractivity contribution in [1.82, 2.24) is 0 Å². The number of anilines is 1. The number of hydrogen-bond acceptors (Lipinski definition) is 4. The molecule has 5 nitrogen and oxygen atoms in total. The average molecular weight is 430 g/mol. The van der Waals surface area contributed by atoms with Crippen LogP contribution in [-0.4, -0.2) is 18.5 Å². The van der Waals surface area contributed by atoms with Crippen molar-refractivity contribution in [3.8, 4) is 11.5 Å². The summed E-state index contributed by atoms with van der Waals surface area (Å²) in [5, 5.41) is 0.882. The van der Waals surface area contributed by atoms with Crippen molar-refractivity contribution in [2.45, 2.75) is 31.6 Å². The SMILES string of the molecule is O=C1CCCC2=C1[C@@H](c1ccc3c(c1)OCO3)CC(=O)N2c1ccc(Cl)cc1Cl. The van der Waals surface area contributed by atoms with E-state index in [1.807, 2.05) is 18.2 Å². The largest absolute Gasteiger partial charge is 0.454 e. The van der Waals surface area contributed by atoms with Crippen LogP contribution in [0.1, 0.15) is 37.2 Å². The topological polar surface area (TPSA) is 55.8 Å². The molecule has 0 spiro atoms. The summed E-state index contributed by atoms with van der Waals surface area (Å²) in [6.07, 6.45) is 2.02. The van der Waals surface area contributed by atoms with Gasteiger partial charge in [0.2, 0.25) is 12.7 Å². The molecule has 0 radical (unpaired) electrons. The highest BCUT2D eigenvalue weighted by Gasteiger charge is 2.40. The second kappa shape index (κ2) is 7.08. The molecular formula is C22H17Cl2NO4. The second-order valence-corrected chi connectivity index (χ2v) is 8.18. The van der Waals surface area contributed by atoms with Gasteiger partial charge in [0.25, 0.3) is 0 Å². The minimum atomic E-state index is -0.304. The number of nitrogens with zero attached hydrogens (tertiary/aromatic N) is 1. The zero-order valence-electron chi connectivity index (χ0n) is 15.4. The number of allylic oxidation sites excluding steroid dienone is 2. The van der Waals surface area contributed by atoms with Gasteiger partial charge in [0, 0.05) is 35.1 Å². The molecule has 2 aliphatic heterocycles. The molecule has 2 aromatic rings. The predicted molar refractivity (Wildman–Crippen MR) is 110 cm³/mol. The van der Waals surface area contributed by atoms with Gasteiger partial charge < -0.3 is 9.47 Å². The van der Waals surface area contributed by atoms with Gasteiger partial charge in [-0.3, -0.25) is 14.5 Å². The Kier molecular flexibility index (Phi) is 4.52. The number of carbonyl (C=O) groups excluding carboxylic acids is 2. The highest BCUT2D eigenvalue weighted by atomic mass is 35.5. The molecule has 0 bridgehead atoms. The standard InChI is InChI=1S/C22H17Cl2NO4/c23-13-5-6-16(15(24)9-13)25-17-2-1-3-18(26)22(17)14(10-21(25)27)12-4-7-19-20(8-12)29-11-28-19/h4-9,14H,1-3,10-11H2/t14-/m1/s1. The number of amides is 1. The predicted octanol–water partition coefficient (Wildman–Crippen LogP) is 5.25. The van der Waals surface area contributed by atoms with E-state index in [1.165, 1.54) is 0 Å². The van der Waals surface area contributed by atoms with Crippen LogP contribution in [0.5, 0.6) is 11.5 Å². The first-order chi connectivity index (χ1) is 14.0.